The average molecular weight is 369 g/mol. The first-order valence-corrected chi connectivity index (χ1v) is 8.65. The second kappa shape index (κ2) is 9.96. The van der Waals surface area contributed by atoms with Gasteiger partial charge in [-0.05, 0) is 24.6 Å². The minimum Gasteiger partial charge on any atom is -0.496 e. The first-order valence-electron chi connectivity index (χ1n) is 8.65. The van der Waals surface area contributed by atoms with Crippen molar-refractivity contribution in [3.63, 3.8) is 0 Å². The number of anilines is 1. The van der Waals surface area contributed by atoms with E-state index in [0.717, 1.165) is 12.0 Å². The van der Waals surface area contributed by atoms with Crippen molar-refractivity contribution in [3.05, 3.63) is 59.7 Å². The zero-order valence-electron chi connectivity index (χ0n) is 15.4. The molecule has 0 aliphatic heterocycles. The molecule has 7 heteroatoms. The number of para-hydroxylation sites is 2. The number of carbonyl (C=O) groups is 3. The van der Waals surface area contributed by atoms with Crippen molar-refractivity contribution in [1.82, 2.24) is 10.6 Å². The average Bonchev–Trinajstić information content (AvgIpc) is 2.70. The first kappa shape index (κ1) is 20.0. The summed E-state index contributed by atoms with van der Waals surface area (Å²) < 4.78 is 5.27. The zero-order valence-corrected chi connectivity index (χ0v) is 15.4. The minimum absolute atomic E-state index is 0.266. The van der Waals surface area contributed by atoms with E-state index in [1.165, 1.54) is 0 Å². The van der Waals surface area contributed by atoms with Crippen LogP contribution in [0, 0.1) is 0 Å². The molecule has 3 amide bonds. The van der Waals surface area contributed by atoms with Gasteiger partial charge in [0.1, 0.15) is 5.75 Å². The van der Waals surface area contributed by atoms with E-state index >= 15 is 0 Å². The highest BCUT2D eigenvalue weighted by Gasteiger charge is 2.17. The maximum absolute atomic E-state index is 12.6. The molecule has 0 unspecified atom stereocenters. The molecule has 2 aromatic carbocycles. The van der Waals surface area contributed by atoms with Gasteiger partial charge in [-0.1, -0.05) is 37.3 Å². The molecule has 7 nitrogen and oxygen atoms in total. The lowest BCUT2D eigenvalue weighted by molar-refractivity contribution is -0.136. The Morgan fingerprint density at radius 3 is 2.37 bits per heavy atom. The lowest BCUT2D eigenvalue weighted by atomic mass is 10.1. The van der Waals surface area contributed by atoms with Gasteiger partial charge in [0.25, 0.3) is 5.91 Å². The summed E-state index contributed by atoms with van der Waals surface area (Å²) in [5.41, 5.74) is 1.37. The molecule has 0 heterocycles. The number of amides is 3. The van der Waals surface area contributed by atoms with Crippen molar-refractivity contribution in [2.24, 2.45) is 0 Å². The Kier molecular flexibility index (Phi) is 7.37. The standard InChI is InChI=1S/C20H23N3O4/c1-3-12-21-19(25)20(26)23-16-10-6-5-9-15(16)18(24)22-13-14-8-4-7-11-17(14)27-2/h4-11H,3,12-13H2,1-2H3,(H,21,25)(H,22,24)(H,23,26). The number of methoxy groups -OCH3 is 1. The van der Waals surface area contributed by atoms with Gasteiger partial charge >= 0.3 is 11.8 Å². The Balaban J connectivity index is 2.06. The van der Waals surface area contributed by atoms with E-state index in [4.69, 9.17) is 4.74 Å². The molecule has 27 heavy (non-hydrogen) atoms. The Labute approximate surface area is 158 Å². The number of carbonyl (C=O) groups excluding carboxylic acids is 3. The third-order valence-corrected chi connectivity index (χ3v) is 3.79. The Morgan fingerprint density at radius 2 is 1.63 bits per heavy atom. The summed E-state index contributed by atoms with van der Waals surface area (Å²) in [5.74, 6) is -1.24. The molecule has 0 saturated heterocycles. The van der Waals surface area contributed by atoms with Crippen LogP contribution in [0.2, 0.25) is 0 Å². The van der Waals surface area contributed by atoms with E-state index in [0.29, 0.717) is 12.3 Å². The monoisotopic (exact) mass is 369 g/mol. The molecule has 0 saturated carbocycles. The predicted molar refractivity (Wildman–Crippen MR) is 103 cm³/mol. The largest absolute Gasteiger partial charge is 0.496 e. The van der Waals surface area contributed by atoms with Gasteiger partial charge < -0.3 is 20.7 Å². The van der Waals surface area contributed by atoms with Crippen molar-refractivity contribution >= 4 is 23.4 Å². The van der Waals surface area contributed by atoms with Crippen LogP contribution in [-0.2, 0) is 16.1 Å². The molecule has 0 aliphatic carbocycles. The predicted octanol–water partition coefficient (Wildman–Crippen LogP) is 2.09. The van der Waals surface area contributed by atoms with Gasteiger partial charge in [-0.25, -0.2) is 0 Å². The van der Waals surface area contributed by atoms with Crippen LogP contribution in [0.5, 0.6) is 5.75 Å². The van der Waals surface area contributed by atoms with E-state index in [-0.39, 0.29) is 23.7 Å². The van der Waals surface area contributed by atoms with Gasteiger partial charge in [0.05, 0.1) is 18.4 Å². The summed E-state index contributed by atoms with van der Waals surface area (Å²) in [6.45, 7) is 2.56. The zero-order chi connectivity index (χ0) is 19.6. The Morgan fingerprint density at radius 1 is 0.926 bits per heavy atom. The number of nitrogens with one attached hydrogen (secondary N) is 3. The Hall–Kier alpha value is -3.35. The van der Waals surface area contributed by atoms with Crippen LogP contribution < -0.4 is 20.7 Å². The quantitative estimate of drug-likeness (QED) is 0.651. The Bertz CT molecular complexity index is 820. The number of benzene rings is 2. The third-order valence-electron chi connectivity index (χ3n) is 3.79. The van der Waals surface area contributed by atoms with Crippen LogP contribution in [0.4, 0.5) is 5.69 Å². The molecule has 0 fully saturated rings. The van der Waals surface area contributed by atoms with Gasteiger partial charge in [-0.2, -0.15) is 0 Å². The van der Waals surface area contributed by atoms with Crippen LogP contribution in [0.1, 0.15) is 29.3 Å². The summed E-state index contributed by atoms with van der Waals surface area (Å²) in [6.07, 6.45) is 0.723. The van der Waals surface area contributed by atoms with E-state index in [1.54, 1.807) is 31.4 Å². The van der Waals surface area contributed by atoms with Crippen LogP contribution in [0.25, 0.3) is 0 Å². The van der Waals surface area contributed by atoms with Crippen molar-refractivity contribution in [2.75, 3.05) is 19.0 Å². The summed E-state index contributed by atoms with van der Waals surface area (Å²) in [6, 6.07) is 13.9. The first-order chi connectivity index (χ1) is 13.1. The van der Waals surface area contributed by atoms with Crippen LogP contribution in [0.3, 0.4) is 0 Å². The number of hydrogen-bond acceptors (Lipinski definition) is 4. The topological polar surface area (TPSA) is 96.5 Å². The normalized spacial score (nSPS) is 10.0. The highest BCUT2D eigenvalue weighted by molar-refractivity contribution is 6.40. The maximum Gasteiger partial charge on any atom is 0.313 e. The fraction of sp³-hybridized carbons (Fsp3) is 0.250. The molecule has 142 valence electrons. The van der Waals surface area contributed by atoms with Crippen molar-refractivity contribution in [2.45, 2.75) is 19.9 Å². The van der Waals surface area contributed by atoms with E-state index in [9.17, 15) is 14.4 Å². The lowest BCUT2D eigenvalue weighted by Gasteiger charge is -2.12. The maximum atomic E-state index is 12.6. The molecule has 2 aromatic rings. The van der Waals surface area contributed by atoms with E-state index in [2.05, 4.69) is 16.0 Å². The van der Waals surface area contributed by atoms with Gasteiger partial charge in [0.2, 0.25) is 0 Å². The summed E-state index contributed by atoms with van der Waals surface area (Å²) in [7, 11) is 1.56. The van der Waals surface area contributed by atoms with E-state index < -0.39 is 11.8 Å². The van der Waals surface area contributed by atoms with Crippen molar-refractivity contribution in [1.29, 1.82) is 0 Å². The van der Waals surface area contributed by atoms with Gasteiger partial charge in [-0.3, -0.25) is 14.4 Å². The highest BCUT2D eigenvalue weighted by atomic mass is 16.5. The molecule has 0 aliphatic rings. The second-order valence-corrected chi connectivity index (χ2v) is 5.75. The van der Waals surface area contributed by atoms with E-state index in [1.807, 2.05) is 31.2 Å². The van der Waals surface area contributed by atoms with Crippen LogP contribution in [0.15, 0.2) is 48.5 Å². The molecule has 0 atom stereocenters. The number of ether oxygens (including phenoxy) is 1. The molecular weight excluding hydrogens is 346 g/mol. The molecular formula is C20H23N3O4. The number of rotatable bonds is 7. The second-order valence-electron chi connectivity index (χ2n) is 5.75. The fourth-order valence-corrected chi connectivity index (χ4v) is 2.41. The molecule has 3 N–H and O–H groups in total. The van der Waals surface area contributed by atoms with Gasteiger partial charge in [-0.15, -0.1) is 0 Å². The molecule has 0 radical (unpaired) electrons. The van der Waals surface area contributed by atoms with Crippen LogP contribution in [-0.4, -0.2) is 31.4 Å². The van der Waals surface area contributed by atoms with Crippen LogP contribution >= 0.6 is 0 Å². The molecule has 0 bridgehead atoms. The number of hydrogen-bond donors (Lipinski definition) is 3. The molecule has 2 rings (SSSR count). The van der Waals surface area contributed by atoms with Crippen molar-refractivity contribution < 1.29 is 19.1 Å². The third kappa shape index (κ3) is 5.57. The fourth-order valence-electron chi connectivity index (χ4n) is 2.41. The smallest absolute Gasteiger partial charge is 0.313 e. The van der Waals surface area contributed by atoms with Crippen molar-refractivity contribution in [3.8, 4) is 5.75 Å². The van der Waals surface area contributed by atoms with Gasteiger partial charge in [0, 0.05) is 18.7 Å². The molecule has 0 spiro atoms. The highest BCUT2D eigenvalue weighted by Crippen LogP contribution is 2.18. The molecule has 0 aromatic heterocycles. The minimum atomic E-state index is -0.812. The SMILES string of the molecule is CCCNC(=O)C(=O)Nc1ccccc1C(=O)NCc1ccccc1OC. The summed E-state index contributed by atoms with van der Waals surface area (Å²) >= 11 is 0. The summed E-state index contributed by atoms with van der Waals surface area (Å²) in [4.78, 5) is 36.3. The van der Waals surface area contributed by atoms with Gasteiger partial charge in [0.15, 0.2) is 0 Å². The summed E-state index contributed by atoms with van der Waals surface area (Å²) in [5, 5.41) is 7.78. The lowest BCUT2D eigenvalue weighted by Crippen LogP contribution is -2.36.